The van der Waals surface area contributed by atoms with Crippen molar-refractivity contribution in [3.05, 3.63) is 120 Å². The maximum atomic E-state index is 11.6. The van der Waals surface area contributed by atoms with Crippen molar-refractivity contribution in [3.63, 3.8) is 0 Å². The summed E-state index contributed by atoms with van der Waals surface area (Å²) in [5, 5.41) is 0. The molecule has 50 heavy (non-hydrogen) atoms. The zero-order valence-corrected chi connectivity index (χ0v) is 32.6. The molecule has 1 aliphatic heterocycles. The molecular formula is C37H36KN2O8S2. The fourth-order valence-corrected chi connectivity index (χ4v) is 6.84. The van der Waals surface area contributed by atoms with Crippen molar-refractivity contribution in [2.75, 3.05) is 23.0 Å². The fraction of sp³-hybridized carbons (Fsp3) is 0.216. The van der Waals surface area contributed by atoms with Crippen LogP contribution in [0.1, 0.15) is 32.1 Å². The summed E-state index contributed by atoms with van der Waals surface area (Å²) in [4.78, 5) is 1.90. The van der Waals surface area contributed by atoms with Gasteiger partial charge in [-0.05, 0) is 58.9 Å². The molecule has 0 atom stereocenters. The van der Waals surface area contributed by atoms with Crippen LogP contribution in [-0.2, 0) is 26.8 Å². The summed E-state index contributed by atoms with van der Waals surface area (Å²) in [6, 6.07) is 31.4. The summed E-state index contributed by atoms with van der Waals surface area (Å²) in [6.07, 6.45) is 4.56. The summed E-state index contributed by atoms with van der Waals surface area (Å²) < 4.78 is 81.3. The van der Waals surface area contributed by atoms with E-state index >= 15 is 0 Å². The van der Waals surface area contributed by atoms with Gasteiger partial charge in [-0.2, -0.15) is 13.0 Å². The normalized spacial score (nSPS) is 14.1. The van der Waals surface area contributed by atoms with Crippen LogP contribution in [0.4, 0.5) is 5.69 Å². The van der Waals surface area contributed by atoms with Gasteiger partial charge < -0.3 is 18.6 Å². The van der Waals surface area contributed by atoms with Gasteiger partial charge in [0.2, 0.25) is 11.5 Å². The van der Waals surface area contributed by atoms with Gasteiger partial charge >= 0.3 is 5.89 Å². The van der Waals surface area contributed by atoms with Crippen LogP contribution < -0.4 is 14.2 Å². The van der Waals surface area contributed by atoms with Gasteiger partial charge in [0, 0.05) is 82.2 Å². The molecule has 0 aliphatic carbocycles. The number of oxazole rings is 1. The predicted molar refractivity (Wildman–Crippen MR) is 194 cm³/mol. The van der Waals surface area contributed by atoms with Crippen molar-refractivity contribution >= 4 is 94.5 Å². The Bertz CT molecular complexity index is 2250. The smallest absolute Gasteiger partial charge is 0.374 e. The van der Waals surface area contributed by atoms with Crippen LogP contribution in [0, 0.1) is 0 Å². The van der Waals surface area contributed by atoms with E-state index in [1.807, 2.05) is 126 Å². The number of aromatic nitrogens is 1. The van der Waals surface area contributed by atoms with Crippen molar-refractivity contribution in [1.29, 1.82) is 0 Å². The number of anilines is 1. The molecule has 0 bridgehead atoms. The van der Waals surface area contributed by atoms with Crippen LogP contribution in [-0.4, -0.2) is 95.4 Å². The number of nitrogens with zero attached hydrogens (tertiary/aromatic N) is 2. The van der Waals surface area contributed by atoms with E-state index in [9.17, 15) is 25.9 Å². The molecule has 1 aromatic heterocycles. The minimum Gasteiger partial charge on any atom is -0.748 e. The van der Waals surface area contributed by atoms with Gasteiger partial charge in [-0.15, -0.1) is 0 Å². The van der Waals surface area contributed by atoms with Gasteiger partial charge in [-0.3, -0.25) is 4.55 Å². The maximum Gasteiger partial charge on any atom is 0.374 e. The molecule has 13 heteroatoms. The number of rotatable bonds is 13. The van der Waals surface area contributed by atoms with E-state index in [-0.39, 0.29) is 77.3 Å². The molecule has 0 unspecified atom stereocenters. The number of allylic oxidation sites excluding steroid dienone is 2. The first-order valence-corrected chi connectivity index (χ1v) is 19.1. The van der Waals surface area contributed by atoms with Gasteiger partial charge in [-0.25, -0.2) is 8.42 Å². The minimum absolute atomic E-state index is 0. The van der Waals surface area contributed by atoms with Crippen LogP contribution in [0.2, 0.25) is 0 Å². The topological polar surface area (TPSA) is 141 Å². The quantitative estimate of drug-likeness (QED) is 0.0823. The first-order chi connectivity index (χ1) is 23.5. The van der Waals surface area contributed by atoms with Crippen molar-refractivity contribution < 1.29 is 39.7 Å². The van der Waals surface area contributed by atoms with Crippen LogP contribution in [0.3, 0.4) is 0 Å². The Morgan fingerprint density at radius 2 is 1.48 bits per heavy atom. The third-order valence-electron chi connectivity index (χ3n) is 8.26. The minimum atomic E-state index is -4.40. The summed E-state index contributed by atoms with van der Waals surface area (Å²) in [6.45, 7) is 2.48. The van der Waals surface area contributed by atoms with E-state index in [2.05, 4.69) is 0 Å². The molecule has 1 N–H and O–H groups in total. The molecule has 0 fully saturated rings. The van der Waals surface area contributed by atoms with Crippen molar-refractivity contribution in [2.24, 2.45) is 0 Å². The Morgan fingerprint density at radius 3 is 2.10 bits per heavy atom. The Hall–Kier alpha value is -3.11. The number of hydrogen-bond acceptors (Lipinski definition) is 8. The van der Waals surface area contributed by atoms with Gasteiger partial charge in [0.15, 0.2) is 12.3 Å². The Labute approximate surface area is 335 Å². The first kappa shape index (κ1) is 38.1. The van der Waals surface area contributed by atoms with Crippen LogP contribution in [0.5, 0.6) is 5.75 Å². The van der Waals surface area contributed by atoms with Gasteiger partial charge in [0.25, 0.3) is 15.6 Å². The Morgan fingerprint density at radius 1 is 0.840 bits per heavy atom. The second kappa shape index (κ2) is 16.5. The zero-order chi connectivity index (χ0) is 34.6. The number of ether oxygens (including phenoxy) is 1. The molecule has 0 saturated heterocycles. The van der Waals surface area contributed by atoms with E-state index in [0.717, 1.165) is 39.0 Å². The molecule has 4 aromatic carbocycles. The average molecular weight is 740 g/mol. The standard InChI is InChI=1S/C37H36N2O8S2.K/c1-2-27(23-36-38(19-9-21-48(40,41)42)32-25-30(15-17-34(32)46-36)28-11-5-3-6-12-28)24-37-39(20-10-22-49(43,44)45)33-26-31(16-18-35(33)47-37)29-13-7-4-8-14-29;/h3-8,11-18,23-26H,2,9-10,19-22H2,1H3,(H-,40,41,42,43,44,45);. The monoisotopic (exact) mass is 739 g/mol. The van der Waals surface area contributed by atoms with Gasteiger partial charge in [-0.1, -0.05) is 79.7 Å². The number of benzene rings is 4. The maximum absolute atomic E-state index is 11.6. The van der Waals surface area contributed by atoms with E-state index in [4.69, 9.17) is 9.15 Å². The molecule has 1 aliphatic rings. The largest absolute Gasteiger partial charge is 0.748 e. The fourth-order valence-electron chi connectivity index (χ4n) is 5.87. The number of fused-ring (bicyclic) bond motifs is 2. The Balaban J connectivity index is 0.00000486. The summed E-state index contributed by atoms with van der Waals surface area (Å²) >= 11 is 0. The van der Waals surface area contributed by atoms with Crippen molar-refractivity contribution in [1.82, 2.24) is 0 Å². The summed E-state index contributed by atoms with van der Waals surface area (Å²) in [5.74, 6) is 0.657. The van der Waals surface area contributed by atoms with E-state index in [1.165, 1.54) is 0 Å². The molecule has 0 amide bonds. The van der Waals surface area contributed by atoms with E-state index < -0.39 is 31.7 Å². The van der Waals surface area contributed by atoms with Gasteiger partial charge in [0.05, 0.1) is 27.6 Å². The molecule has 5 aromatic rings. The zero-order valence-electron chi connectivity index (χ0n) is 27.9. The van der Waals surface area contributed by atoms with Crippen molar-refractivity contribution in [2.45, 2.75) is 32.7 Å². The predicted octanol–water partition coefficient (Wildman–Crippen LogP) is 6.42. The number of aryl methyl sites for hydroxylation is 1. The first-order valence-electron chi connectivity index (χ1n) is 15.9. The van der Waals surface area contributed by atoms with E-state index in [0.29, 0.717) is 29.5 Å². The third-order valence-corrected chi connectivity index (χ3v) is 9.85. The molecular weight excluding hydrogens is 704 g/mol. The second-order valence-corrected chi connectivity index (χ2v) is 14.8. The van der Waals surface area contributed by atoms with Crippen LogP contribution in [0.15, 0.2) is 119 Å². The summed E-state index contributed by atoms with van der Waals surface area (Å²) in [5.41, 5.74) is 6.89. The molecule has 255 valence electrons. The molecule has 6 rings (SSSR count). The average Bonchev–Trinajstić information content (AvgIpc) is 3.60. The van der Waals surface area contributed by atoms with Gasteiger partial charge in [0.1, 0.15) is 0 Å². The SMILES string of the molecule is CCC(=Cc1oc2ccc(-c3ccccc3)cc2[n+]1CCCS(=O)(=O)[O-])C=C1Oc2ccc(-c3ccccc3)cc2N1CCCS(=O)(=O)O.[K]. The third kappa shape index (κ3) is 9.60. The molecule has 1 radical (unpaired) electrons. The van der Waals surface area contributed by atoms with E-state index in [1.54, 1.807) is 0 Å². The second-order valence-electron chi connectivity index (χ2n) is 11.8. The Kier molecular flexibility index (Phi) is 12.6. The molecule has 2 heterocycles. The summed E-state index contributed by atoms with van der Waals surface area (Å²) in [7, 11) is -8.56. The molecule has 10 nitrogen and oxygen atoms in total. The molecule has 0 saturated carbocycles. The number of hydrogen-bond donors (Lipinski definition) is 1. The van der Waals surface area contributed by atoms with Crippen molar-refractivity contribution in [3.8, 4) is 28.0 Å². The van der Waals surface area contributed by atoms with Crippen LogP contribution >= 0.6 is 0 Å². The molecule has 0 spiro atoms. The van der Waals surface area contributed by atoms with Crippen LogP contribution in [0.25, 0.3) is 39.4 Å².